The zero-order chi connectivity index (χ0) is 17.4. The van der Waals surface area contributed by atoms with Gasteiger partial charge in [-0.3, -0.25) is 9.59 Å². The molecule has 0 bridgehead atoms. The number of rotatable bonds is 7. The minimum Gasteiger partial charge on any atom is -0.494 e. The van der Waals surface area contributed by atoms with E-state index in [1.165, 1.54) is 17.7 Å². The van der Waals surface area contributed by atoms with Crippen molar-refractivity contribution in [3.8, 4) is 5.75 Å². The van der Waals surface area contributed by atoms with Gasteiger partial charge in [0, 0.05) is 17.3 Å². The summed E-state index contributed by atoms with van der Waals surface area (Å²) < 4.78 is 5.33. The first-order valence-corrected chi connectivity index (χ1v) is 7.97. The Morgan fingerprint density at radius 2 is 1.62 bits per heavy atom. The van der Waals surface area contributed by atoms with Crippen LogP contribution in [0.15, 0.2) is 60.7 Å². The number of benzene rings is 2. The standard InChI is InChI=1S/C20H21NO3/c1-3-15-5-9-17(10-6-15)21-20(23)14-13-19(22)16-7-11-18(12-8-16)24-4-2/h5-14H,3-4H2,1-2H3,(H,21,23). The van der Waals surface area contributed by atoms with Gasteiger partial charge in [0.25, 0.3) is 0 Å². The summed E-state index contributed by atoms with van der Waals surface area (Å²) in [4.78, 5) is 23.9. The third kappa shape index (κ3) is 5.09. The van der Waals surface area contributed by atoms with Crippen LogP contribution in [0.2, 0.25) is 0 Å². The van der Waals surface area contributed by atoms with Gasteiger partial charge in [-0.2, -0.15) is 0 Å². The summed E-state index contributed by atoms with van der Waals surface area (Å²) in [5.74, 6) is 0.152. The molecule has 0 saturated carbocycles. The summed E-state index contributed by atoms with van der Waals surface area (Å²) in [7, 11) is 0. The highest BCUT2D eigenvalue weighted by atomic mass is 16.5. The molecule has 0 heterocycles. The summed E-state index contributed by atoms with van der Waals surface area (Å²) in [5.41, 5.74) is 2.42. The van der Waals surface area contributed by atoms with Crippen LogP contribution in [0.3, 0.4) is 0 Å². The van der Waals surface area contributed by atoms with Gasteiger partial charge in [-0.25, -0.2) is 0 Å². The lowest BCUT2D eigenvalue weighted by atomic mass is 10.1. The molecule has 1 N–H and O–H groups in total. The van der Waals surface area contributed by atoms with Crippen molar-refractivity contribution < 1.29 is 14.3 Å². The van der Waals surface area contributed by atoms with Crippen LogP contribution in [-0.2, 0) is 11.2 Å². The average Bonchev–Trinajstić information content (AvgIpc) is 2.61. The van der Waals surface area contributed by atoms with Gasteiger partial charge in [0.1, 0.15) is 5.75 Å². The van der Waals surface area contributed by atoms with Gasteiger partial charge in [0.05, 0.1) is 6.61 Å². The molecule has 24 heavy (non-hydrogen) atoms. The molecule has 0 radical (unpaired) electrons. The van der Waals surface area contributed by atoms with Crippen LogP contribution >= 0.6 is 0 Å². The molecule has 4 heteroatoms. The first-order valence-electron chi connectivity index (χ1n) is 7.97. The zero-order valence-corrected chi connectivity index (χ0v) is 13.9. The van der Waals surface area contributed by atoms with E-state index in [1.807, 2.05) is 31.2 Å². The Bertz CT molecular complexity index is 716. The van der Waals surface area contributed by atoms with Crippen molar-refractivity contribution in [2.45, 2.75) is 20.3 Å². The number of amides is 1. The Kier molecular flexibility index (Phi) is 6.32. The second kappa shape index (κ2) is 8.67. The van der Waals surface area contributed by atoms with Crippen LogP contribution in [0.25, 0.3) is 0 Å². The number of carbonyl (C=O) groups excluding carboxylic acids is 2. The zero-order valence-electron chi connectivity index (χ0n) is 13.9. The number of allylic oxidation sites excluding steroid dienone is 1. The summed E-state index contributed by atoms with van der Waals surface area (Å²) in [6.45, 7) is 4.55. The van der Waals surface area contributed by atoms with Crippen LogP contribution in [-0.4, -0.2) is 18.3 Å². The Balaban J connectivity index is 1.93. The molecule has 0 aliphatic heterocycles. The highest BCUT2D eigenvalue weighted by molar-refractivity contribution is 6.09. The summed E-state index contributed by atoms with van der Waals surface area (Å²) in [6, 6.07) is 14.4. The number of carbonyl (C=O) groups is 2. The van der Waals surface area contributed by atoms with Crippen LogP contribution < -0.4 is 10.1 Å². The summed E-state index contributed by atoms with van der Waals surface area (Å²) in [5, 5.41) is 2.73. The highest BCUT2D eigenvalue weighted by Gasteiger charge is 2.04. The average molecular weight is 323 g/mol. The van der Waals surface area contributed by atoms with Crippen molar-refractivity contribution in [1.82, 2.24) is 0 Å². The molecule has 0 fully saturated rings. The first-order chi connectivity index (χ1) is 11.6. The topological polar surface area (TPSA) is 55.4 Å². The molecule has 0 atom stereocenters. The second-order valence-electron chi connectivity index (χ2n) is 5.19. The number of nitrogens with one attached hydrogen (secondary N) is 1. The molecule has 0 saturated heterocycles. The van der Waals surface area contributed by atoms with E-state index >= 15 is 0 Å². The van der Waals surface area contributed by atoms with Crippen LogP contribution in [0.1, 0.15) is 29.8 Å². The molecule has 1 amide bonds. The molecular formula is C20H21NO3. The molecule has 0 aliphatic rings. The van der Waals surface area contributed by atoms with Crippen molar-refractivity contribution >= 4 is 17.4 Å². The second-order valence-corrected chi connectivity index (χ2v) is 5.19. The maximum Gasteiger partial charge on any atom is 0.248 e. The van der Waals surface area contributed by atoms with Crippen molar-refractivity contribution in [1.29, 1.82) is 0 Å². The van der Waals surface area contributed by atoms with E-state index in [0.29, 0.717) is 23.6 Å². The van der Waals surface area contributed by atoms with Gasteiger partial charge in [-0.15, -0.1) is 0 Å². The number of ether oxygens (including phenoxy) is 1. The number of aryl methyl sites for hydroxylation is 1. The lowest BCUT2D eigenvalue weighted by Crippen LogP contribution is -2.08. The Labute approximate surface area is 142 Å². The molecule has 124 valence electrons. The van der Waals surface area contributed by atoms with Crippen LogP contribution in [0, 0.1) is 0 Å². The molecule has 0 unspecified atom stereocenters. The molecule has 2 aromatic carbocycles. The molecule has 2 aromatic rings. The molecular weight excluding hydrogens is 302 g/mol. The van der Waals surface area contributed by atoms with Gasteiger partial charge >= 0.3 is 0 Å². The lowest BCUT2D eigenvalue weighted by molar-refractivity contribution is -0.111. The largest absolute Gasteiger partial charge is 0.494 e. The smallest absolute Gasteiger partial charge is 0.248 e. The van der Waals surface area contributed by atoms with E-state index in [9.17, 15) is 9.59 Å². The third-order valence-electron chi connectivity index (χ3n) is 3.47. The van der Waals surface area contributed by atoms with Crippen LogP contribution in [0.5, 0.6) is 5.75 Å². The monoisotopic (exact) mass is 323 g/mol. The quantitative estimate of drug-likeness (QED) is 0.618. The molecule has 0 aliphatic carbocycles. The van der Waals surface area contributed by atoms with Gasteiger partial charge < -0.3 is 10.1 Å². The number of ketones is 1. The van der Waals surface area contributed by atoms with E-state index < -0.39 is 0 Å². The maximum atomic E-state index is 12.0. The third-order valence-corrected chi connectivity index (χ3v) is 3.47. The fourth-order valence-electron chi connectivity index (χ4n) is 2.14. The highest BCUT2D eigenvalue weighted by Crippen LogP contribution is 2.13. The van der Waals surface area contributed by atoms with Gasteiger partial charge in [0.15, 0.2) is 5.78 Å². The normalized spacial score (nSPS) is 10.6. The van der Waals surface area contributed by atoms with Crippen molar-refractivity contribution in [2.75, 3.05) is 11.9 Å². The fraction of sp³-hybridized carbons (Fsp3) is 0.200. The minimum absolute atomic E-state index is 0.227. The predicted octanol–water partition coefficient (Wildman–Crippen LogP) is 4.03. The number of hydrogen-bond donors (Lipinski definition) is 1. The van der Waals surface area contributed by atoms with E-state index in [2.05, 4.69) is 12.2 Å². The first kappa shape index (κ1) is 17.5. The van der Waals surface area contributed by atoms with Crippen molar-refractivity contribution in [3.63, 3.8) is 0 Å². The van der Waals surface area contributed by atoms with E-state index in [-0.39, 0.29) is 11.7 Å². The van der Waals surface area contributed by atoms with Gasteiger partial charge in [0.2, 0.25) is 5.91 Å². The summed E-state index contributed by atoms with van der Waals surface area (Å²) >= 11 is 0. The molecule has 0 aromatic heterocycles. The van der Waals surface area contributed by atoms with E-state index in [0.717, 1.165) is 6.42 Å². The molecule has 4 nitrogen and oxygen atoms in total. The van der Waals surface area contributed by atoms with E-state index in [4.69, 9.17) is 4.74 Å². The lowest BCUT2D eigenvalue weighted by Gasteiger charge is -2.04. The van der Waals surface area contributed by atoms with Crippen LogP contribution in [0.4, 0.5) is 5.69 Å². The minimum atomic E-state index is -0.335. The van der Waals surface area contributed by atoms with E-state index in [1.54, 1.807) is 24.3 Å². The Hall–Kier alpha value is -2.88. The maximum absolute atomic E-state index is 12.0. The van der Waals surface area contributed by atoms with Crippen molar-refractivity contribution in [2.24, 2.45) is 0 Å². The summed E-state index contributed by atoms with van der Waals surface area (Å²) in [6.07, 6.45) is 3.46. The molecule has 2 rings (SSSR count). The Morgan fingerprint density at radius 1 is 0.958 bits per heavy atom. The van der Waals surface area contributed by atoms with Crippen molar-refractivity contribution in [3.05, 3.63) is 71.8 Å². The van der Waals surface area contributed by atoms with Gasteiger partial charge in [-0.1, -0.05) is 19.1 Å². The number of hydrogen-bond acceptors (Lipinski definition) is 3. The predicted molar refractivity (Wildman–Crippen MR) is 95.5 cm³/mol. The number of anilines is 1. The molecule has 0 spiro atoms. The Morgan fingerprint density at radius 3 is 2.21 bits per heavy atom. The fourth-order valence-corrected chi connectivity index (χ4v) is 2.14. The van der Waals surface area contributed by atoms with Gasteiger partial charge in [-0.05, 0) is 61.4 Å². The SMILES string of the molecule is CCOc1ccc(C(=O)C=CC(=O)Nc2ccc(CC)cc2)cc1.